The van der Waals surface area contributed by atoms with E-state index in [1.807, 2.05) is 0 Å². The van der Waals surface area contributed by atoms with Gasteiger partial charge in [0.1, 0.15) is 0 Å². The summed E-state index contributed by atoms with van der Waals surface area (Å²) in [6.45, 7) is 8.38. The number of rotatable bonds is 2. The summed E-state index contributed by atoms with van der Waals surface area (Å²) in [6.07, 6.45) is 0. The molecule has 0 spiro atoms. The summed E-state index contributed by atoms with van der Waals surface area (Å²) in [5.74, 6) is 0. The Balaban J connectivity index is 1.55. The number of nitrogens with zero attached hydrogens (tertiary/aromatic N) is 1. The molecular weight excluding hydrogens is 393 g/mol. The van der Waals surface area contributed by atoms with Crippen molar-refractivity contribution in [3.63, 3.8) is 0 Å². The summed E-state index contributed by atoms with van der Waals surface area (Å²) < 4.78 is 15.0. The van der Waals surface area contributed by atoms with E-state index in [-0.39, 0.29) is 18.3 Å². The van der Waals surface area contributed by atoms with Crippen LogP contribution < -0.4 is 5.46 Å². The van der Waals surface area contributed by atoms with E-state index in [2.05, 4.69) is 117 Å². The molecule has 0 aliphatic carbocycles. The Hall–Kier alpha value is -3.08. The highest BCUT2D eigenvalue weighted by atomic mass is 16.7. The molecule has 1 saturated heterocycles. The van der Waals surface area contributed by atoms with Crippen molar-refractivity contribution in [3.05, 3.63) is 84.9 Å². The van der Waals surface area contributed by atoms with Crippen molar-refractivity contribution in [1.29, 1.82) is 0 Å². The van der Waals surface area contributed by atoms with Gasteiger partial charge < -0.3 is 13.9 Å². The van der Waals surface area contributed by atoms with E-state index < -0.39 is 0 Å². The Morgan fingerprint density at radius 3 is 2.06 bits per heavy atom. The fourth-order valence-electron chi connectivity index (χ4n) is 4.71. The number of hydrogen-bond acceptors (Lipinski definition) is 2. The predicted molar refractivity (Wildman–Crippen MR) is 134 cm³/mol. The molecule has 0 radical (unpaired) electrons. The quantitative estimate of drug-likeness (QED) is 0.317. The maximum absolute atomic E-state index is 6.32. The fraction of sp³-hybridized carbons (Fsp3) is 0.214. The maximum Gasteiger partial charge on any atom is 0.494 e. The molecule has 6 rings (SSSR count). The van der Waals surface area contributed by atoms with Crippen LogP contribution in [0, 0.1) is 0 Å². The van der Waals surface area contributed by atoms with E-state index in [9.17, 15) is 0 Å². The van der Waals surface area contributed by atoms with Gasteiger partial charge in [0.2, 0.25) is 0 Å². The Morgan fingerprint density at radius 2 is 1.28 bits per heavy atom. The lowest BCUT2D eigenvalue weighted by Gasteiger charge is -2.32. The lowest BCUT2D eigenvalue weighted by molar-refractivity contribution is 0.00578. The zero-order valence-electron chi connectivity index (χ0n) is 18.9. The van der Waals surface area contributed by atoms with Crippen LogP contribution in [0.1, 0.15) is 27.7 Å². The van der Waals surface area contributed by atoms with Crippen LogP contribution in [0.25, 0.3) is 38.3 Å². The van der Waals surface area contributed by atoms with Gasteiger partial charge in [-0.25, -0.2) is 0 Å². The summed E-state index contributed by atoms with van der Waals surface area (Å²) in [5.41, 5.74) is 3.89. The van der Waals surface area contributed by atoms with Crippen LogP contribution in [-0.4, -0.2) is 22.9 Å². The van der Waals surface area contributed by atoms with Gasteiger partial charge in [0.15, 0.2) is 0 Å². The average Bonchev–Trinajstić information content (AvgIpc) is 3.23. The van der Waals surface area contributed by atoms with E-state index >= 15 is 0 Å². The molecule has 4 aromatic carbocycles. The molecule has 0 atom stereocenters. The standard InChI is InChI=1S/C28H26BNO2/c1-27(2)28(3,4)32-29(31-27)21-14-16-26-24(18-21)23-11-7-8-12-25(23)30(26)22-15-13-19-9-5-6-10-20(19)17-22/h5-18H,1-4H3. The molecule has 1 aliphatic rings. The summed E-state index contributed by atoms with van der Waals surface area (Å²) in [7, 11) is -0.368. The fourth-order valence-corrected chi connectivity index (χ4v) is 4.71. The zero-order valence-corrected chi connectivity index (χ0v) is 18.9. The van der Waals surface area contributed by atoms with Crippen LogP contribution in [-0.2, 0) is 9.31 Å². The second-order valence-corrected chi connectivity index (χ2v) is 9.75. The minimum absolute atomic E-state index is 0.355. The summed E-state index contributed by atoms with van der Waals surface area (Å²) in [5, 5.41) is 4.93. The van der Waals surface area contributed by atoms with Crippen LogP contribution in [0.3, 0.4) is 0 Å². The molecular formula is C28H26BNO2. The Labute approximate surface area is 188 Å². The molecule has 0 N–H and O–H groups in total. The number of hydrogen-bond donors (Lipinski definition) is 0. The van der Waals surface area contributed by atoms with Gasteiger partial charge in [0, 0.05) is 16.5 Å². The molecule has 4 heteroatoms. The van der Waals surface area contributed by atoms with Gasteiger partial charge >= 0.3 is 7.12 Å². The molecule has 32 heavy (non-hydrogen) atoms. The third-order valence-electron chi connectivity index (χ3n) is 7.21. The first kappa shape index (κ1) is 19.6. The minimum Gasteiger partial charge on any atom is -0.399 e. The molecule has 1 fully saturated rings. The first-order valence-corrected chi connectivity index (χ1v) is 11.2. The highest BCUT2D eigenvalue weighted by Crippen LogP contribution is 2.37. The summed E-state index contributed by atoms with van der Waals surface area (Å²) in [4.78, 5) is 0. The SMILES string of the molecule is CC1(C)OB(c2ccc3c(c2)c2ccccc2n3-c2ccc3ccccc3c2)OC1(C)C. The topological polar surface area (TPSA) is 23.4 Å². The molecule has 0 bridgehead atoms. The van der Waals surface area contributed by atoms with Crippen molar-refractivity contribution in [2.75, 3.05) is 0 Å². The number of fused-ring (bicyclic) bond motifs is 4. The lowest BCUT2D eigenvalue weighted by Crippen LogP contribution is -2.41. The highest BCUT2D eigenvalue weighted by molar-refractivity contribution is 6.62. The van der Waals surface area contributed by atoms with Gasteiger partial charge in [-0.2, -0.15) is 0 Å². The van der Waals surface area contributed by atoms with Crippen molar-refractivity contribution < 1.29 is 9.31 Å². The molecule has 0 amide bonds. The van der Waals surface area contributed by atoms with Gasteiger partial charge in [0.05, 0.1) is 22.2 Å². The number of aromatic nitrogens is 1. The Kier molecular flexibility index (Phi) is 4.11. The smallest absolute Gasteiger partial charge is 0.399 e. The zero-order chi connectivity index (χ0) is 22.1. The predicted octanol–water partition coefficient (Wildman–Crippen LogP) is 6.24. The van der Waals surface area contributed by atoms with Crippen molar-refractivity contribution in [2.24, 2.45) is 0 Å². The maximum atomic E-state index is 6.32. The highest BCUT2D eigenvalue weighted by Gasteiger charge is 2.51. The van der Waals surface area contributed by atoms with Gasteiger partial charge in [-0.15, -0.1) is 0 Å². The minimum atomic E-state index is -0.368. The summed E-state index contributed by atoms with van der Waals surface area (Å²) >= 11 is 0. The molecule has 2 heterocycles. The van der Waals surface area contributed by atoms with Gasteiger partial charge in [-0.3, -0.25) is 0 Å². The first-order chi connectivity index (χ1) is 15.3. The molecule has 5 aromatic rings. The van der Waals surface area contributed by atoms with E-state index in [0.717, 1.165) is 5.46 Å². The van der Waals surface area contributed by atoms with Crippen molar-refractivity contribution in [2.45, 2.75) is 38.9 Å². The molecule has 158 valence electrons. The van der Waals surface area contributed by atoms with Crippen LogP contribution in [0.15, 0.2) is 84.9 Å². The second-order valence-electron chi connectivity index (χ2n) is 9.75. The third-order valence-corrected chi connectivity index (χ3v) is 7.21. The molecule has 1 aliphatic heterocycles. The Morgan fingerprint density at radius 1 is 0.625 bits per heavy atom. The number of para-hydroxylation sites is 1. The van der Waals surface area contributed by atoms with E-state index in [4.69, 9.17) is 9.31 Å². The van der Waals surface area contributed by atoms with E-state index in [1.165, 1.54) is 38.3 Å². The van der Waals surface area contributed by atoms with Gasteiger partial charge in [-0.05, 0) is 68.2 Å². The lowest BCUT2D eigenvalue weighted by atomic mass is 9.78. The van der Waals surface area contributed by atoms with Crippen molar-refractivity contribution in [1.82, 2.24) is 4.57 Å². The first-order valence-electron chi connectivity index (χ1n) is 11.2. The molecule has 0 saturated carbocycles. The van der Waals surface area contributed by atoms with E-state index in [0.29, 0.717) is 0 Å². The molecule has 1 aromatic heterocycles. The van der Waals surface area contributed by atoms with Crippen molar-refractivity contribution >= 4 is 45.2 Å². The van der Waals surface area contributed by atoms with E-state index in [1.54, 1.807) is 0 Å². The molecule has 0 unspecified atom stereocenters. The normalized spacial score (nSPS) is 17.6. The average molecular weight is 419 g/mol. The largest absolute Gasteiger partial charge is 0.494 e. The monoisotopic (exact) mass is 419 g/mol. The molecule has 3 nitrogen and oxygen atoms in total. The third kappa shape index (κ3) is 2.83. The summed E-state index contributed by atoms with van der Waals surface area (Å²) in [6, 6.07) is 30.3. The van der Waals surface area contributed by atoms with Crippen LogP contribution in [0.2, 0.25) is 0 Å². The van der Waals surface area contributed by atoms with Crippen LogP contribution >= 0.6 is 0 Å². The Bertz CT molecular complexity index is 1480. The second kappa shape index (κ2) is 6.71. The van der Waals surface area contributed by atoms with Crippen LogP contribution in [0.4, 0.5) is 0 Å². The van der Waals surface area contributed by atoms with Gasteiger partial charge in [0.25, 0.3) is 0 Å². The number of benzene rings is 4. The van der Waals surface area contributed by atoms with Crippen LogP contribution in [0.5, 0.6) is 0 Å². The van der Waals surface area contributed by atoms with Gasteiger partial charge in [-0.1, -0.05) is 60.7 Å². The van der Waals surface area contributed by atoms with Crippen molar-refractivity contribution in [3.8, 4) is 5.69 Å².